The van der Waals surface area contributed by atoms with Gasteiger partial charge in [0.05, 0.1) is 25.9 Å². The van der Waals surface area contributed by atoms with Gasteiger partial charge in [-0.1, -0.05) is 107 Å². The summed E-state index contributed by atoms with van der Waals surface area (Å²) in [6, 6.07) is 30.3. The van der Waals surface area contributed by atoms with Crippen LogP contribution in [0.2, 0.25) is 0 Å². The lowest BCUT2D eigenvalue weighted by atomic mass is 9.98. The zero-order valence-electron chi connectivity index (χ0n) is 19.3. The van der Waals surface area contributed by atoms with Gasteiger partial charge in [-0.05, 0) is 16.7 Å². The molecule has 1 saturated heterocycles. The molecule has 180 valence electrons. The summed E-state index contributed by atoms with van der Waals surface area (Å²) in [7, 11) is 1.63. The normalized spacial score (nSPS) is 24.7. The van der Waals surface area contributed by atoms with Crippen molar-refractivity contribution in [3.8, 4) is 0 Å². The van der Waals surface area contributed by atoms with Crippen LogP contribution in [-0.4, -0.2) is 43.1 Å². The first kappa shape index (κ1) is 25.0. The fourth-order valence-electron chi connectivity index (χ4n) is 4.06. The molecule has 1 heterocycles. The van der Waals surface area contributed by atoms with Crippen LogP contribution < -0.4 is 0 Å². The number of benzene rings is 3. The Morgan fingerprint density at radius 1 is 0.618 bits per heavy atom. The van der Waals surface area contributed by atoms with Crippen LogP contribution in [0.5, 0.6) is 0 Å². The van der Waals surface area contributed by atoms with Crippen LogP contribution in [0.25, 0.3) is 0 Å². The summed E-state index contributed by atoms with van der Waals surface area (Å²) in [5.74, 6) is 0. The number of halogens is 1. The second-order valence-electron chi connectivity index (χ2n) is 8.22. The lowest BCUT2D eigenvalue weighted by molar-refractivity contribution is -0.313. The molecule has 0 bridgehead atoms. The van der Waals surface area contributed by atoms with Crippen molar-refractivity contribution in [3.63, 3.8) is 0 Å². The van der Waals surface area contributed by atoms with Gasteiger partial charge in [0.15, 0.2) is 6.29 Å². The van der Waals surface area contributed by atoms with E-state index in [0.717, 1.165) is 16.7 Å². The Kier molecular flexibility index (Phi) is 9.68. The van der Waals surface area contributed by atoms with E-state index in [2.05, 4.69) is 28.1 Å². The summed E-state index contributed by atoms with van der Waals surface area (Å²) in [5.41, 5.74) is 3.25. The second kappa shape index (κ2) is 13.1. The number of hydrogen-bond acceptors (Lipinski definition) is 5. The molecule has 34 heavy (non-hydrogen) atoms. The molecule has 3 aromatic rings. The standard InChI is InChI=1S/C28H31BrO5/c1-30-28-27(33-20-23-15-9-4-10-16-23)26(32-19-22-13-7-3-8-14-22)25(24(17-29)34-28)31-18-21-11-5-2-6-12-21/h2-16,24-28H,17-20H2,1H3/t24-,25+,26+,27-,28-/m1/s1. The Labute approximate surface area is 210 Å². The van der Waals surface area contributed by atoms with Crippen LogP contribution in [0.1, 0.15) is 16.7 Å². The maximum atomic E-state index is 6.50. The van der Waals surface area contributed by atoms with Gasteiger partial charge in [0.25, 0.3) is 0 Å². The van der Waals surface area contributed by atoms with Crippen molar-refractivity contribution in [3.05, 3.63) is 108 Å². The summed E-state index contributed by atoms with van der Waals surface area (Å²) < 4.78 is 31.3. The molecule has 0 amide bonds. The van der Waals surface area contributed by atoms with E-state index in [1.54, 1.807) is 7.11 Å². The predicted molar refractivity (Wildman–Crippen MR) is 135 cm³/mol. The van der Waals surface area contributed by atoms with E-state index in [-0.39, 0.29) is 12.2 Å². The predicted octanol–water partition coefficient (Wildman–Crippen LogP) is 5.51. The van der Waals surface area contributed by atoms with Crippen molar-refractivity contribution < 1.29 is 23.7 Å². The fourth-order valence-corrected chi connectivity index (χ4v) is 4.58. The number of rotatable bonds is 11. The second-order valence-corrected chi connectivity index (χ2v) is 8.86. The summed E-state index contributed by atoms with van der Waals surface area (Å²) >= 11 is 3.60. The van der Waals surface area contributed by atoms with Crippen LogP contribution in [-0.2, 0) is 43.5 Å². The molecule has 5 nitrogen and oxygen atoms in total. The van der Waals surface area contributed by atoms with Crippen molar-refractivity contribution in [2.24, 2.45) is 0 Å². The third-order valence-electron chi connectivity index (χ3n) is 5.83. The minimum absolute atomic E-state index is 0.258. The fraction of sp³-hybridized carbons (Fsp3) is 0.357. The van der Waals surface area contributed by atoms with E-state index >= 15 is 0 Å². The zero-order valence-corrected chi connectivity index (χ0v) is 20.9. The average molecular weight is 527 g/mol. The molecular weight excluding hydrogens is 496 g/mol. The molecule has 0 spiro atoms. The number of alkyl halides is 1. The molecule has 1 aliphatic heterocycles. The van der Waals surface area contributed by atoms with Crippen LogP contribution >= 0.6 is 15.9 Å². The highest BCUT2D eigenvalue weighted by molar-refractivity contribution is 9.09. The molecule has 0 unspecified atom stereocenters. The summed E-state index contributed by atoms with van der Waals surface area (Å²) in [6.07, 6.45) is -2.05. The first-order valence-electron chi connectivity index (χ1n) is 11.5. The Bertz CT molecular complexity index is 899. The first-order chi connectivity index (χ1) is 16.8. The molecule has 1 aliphatic rings. The van der Waals surface area contributed by atoms with Gasteiger partial charge in [-0.3, -0.25) is 0 Å². The van der Waals surface area contributed by atoms with Gasteiger partial charge in [0.2, 0.25) is 0 Å². The quantitative estimate of drug-likeness (QED) is 0.308. The van der Waals surface area contributed by atoms with Crippen molar-refractivity contribution in [1.82, 2.24) is 0 Å². The molecule has 0 saturated carbocycles. The Morgan fingerprint density at radius 2 is 1.03 bits per heavy atom. The van der Waals surface area contributed by atoms with E-state index in [9.17, 15) is 0 Å². The topological polar surface area (TPSA) is 46.2 Å². The molecule has 0 N–H and O–H groups in total. The highest BCUT2D eigenvalue weighted by atomic mass is 79.9. The van der Waals surface area contributed by atoms with Crippen LogP contribution in [0.4, 0.5) is 0 Å². The maximum absolute atomic E-state index is 6.50. The molecule has 4 rings (SSSR count). The number of methoxy groups -OCH3 is 1. The van der Waals surface area contributed by atoms with Gasteiger partial charge in [-0.25, -0.2) is 0 Å². The minimum atomic E-state index is -0.580. The highest BCUT2D eigenvalue weighted by Crippen LogP contribution is 2.31. The van der Waals surface area contributed by atoms with Gasteiger partial charge in [-0.15, -0.1) is 0 Å². The summed E-state index contributed by atoms with van der Waals surface area (Å²) in [5, 5.41) is 0.586. The average Bonchev–Trinajstić information content (AvgIpc) is 2.91. The third-order valence-corrected chi connectivity index (χ3v) is 6.47. The molecule has 0 aromatic heterocycles. The zero-order chi connectivity index (χ0) is 23.6. The molecule has 3 aromatic carbocycles. The number of ether oxygens (including phenoxy) is 5. The van der Waals surface area contributed by atoms with E-state index < -0.39 is 18.5 Å². The summed E-state index contributed by atoms with van der Waals surface area (Å²) in [6.45, 7) is 1.31. The third kappa shape index (κ3) is 6.75. The van der Waals surface area contributed by atoms with Gasteiger partial charge < -0.3 is 23.7 Å². The van der Waals surface area contributed by atoms with Gasteiger partial charge >= 0.3 is 0 Å². The Balaban J connectivity index is 1.56. The van der Waals surface area contributed by atoms with E-state index in [1.807, 2.05) is 78.9 Å². The van der Waals surface area contributed by atoms with Gasteiger partial charge in [0.1, 0.15) is 18.3 Å². The summed E-state index contributed by atoms with van der Waals surface area (Å²) in [4.78, 5) is 0. The smallest absolute Gasteiger partial charge is 0.186 e. The van der Waals surface area contributed by atoms with Crippen molar-refractivity contribution in [2.75, 3.05) is 12.4 Å². The van der Waals surface area contributed by atoms with Crippen molar-refractivity contribution in [1.29, 1.82) is 0 Å². The first-order valence-corrected chi connectivity index (χ1v) is 12.6. The van der Waals surface area contributed by atoms with Gasteiger partial charge in [0, 0.05) is 12.4 Å². The van der Waals surface area contributed by atoms with Crippen LogP contribution in [0.3, 0.4) is 0 Å². The molecular formula is C28H31BrO5. The lowest BCUT2D eigenvalue weighted by Crippen LogP contribution is -2.61. The highest BCUT2D eigenvalue weighted by Gasteiger charge is 2.48. The van der Waals surface area contributed by atoms with Crippen LogP contribution in [0, 0.1) is 0 Å². The van der Waals surface area contributed by atoms with Crippen molar-refractivity contribution in [2.45, 2.75) is 50.5 Å². The monoisotopic (exact) mass is 526 g/mol. The van der Waals surface area contributed by atoms with E-state index in [0.29, 0.717) is 25.2 Å². The lowest BCUT2D eigenvalue weighted by Gasteiger charge is -2.45. The van der Waals surface area contributed by atoms with Crippen LogP contribution in [0.15, 0.2) is 91.0 Å². The van der Waals surface area contributed by atoms with E-state index in [1.165, 1.54) is 0 Å². The maximum Gasteiger partial charge on any atom is 0.186 e. The molecule has 0 radical (unpaired) electrons. The number of hydrogen-bond donors (Lipinski definition) is 0. The Hall–Kier alpha value is -2.06. The Morgan fingerprint density at radius 3 is 1.44 bits per heavy atom. The van der Waals surface area contributed by atoms with E-state index in [4.69, 9.17) is 23.7 Å². The largest absolute Gasteiger partial charge is 0.368 e. The molecule has 5 atom stereocenters. The molecule has 1 fully saturated rings. The SMILES string of the molecule is CO[C@@H]1O[C@H](CBr)[C@H](OCc2ccccc2)[C@H](OCc2ccccc2)[C@H]1OCc1ccccc1. The molecule has 6 heteroatoms. The van der Waals surface area contributed by atoms with Crippen molar-refractivity contribution >= 4 is 15.9 Å². The van der Waals surface area contributed by atoms with Gasteiger partial charge in [-0.2, -0.15) is 0 Å². The molecule has 0 aliphatic carbocycles. The minimum Gasteiger partial charge on any atom is -0.368 e.